The Labute approximate surface area is 173 Å². The molecule has 0 saturated heterocycles. The molecule has 4 rings (SSSR count). The number of ketones is 1. The highest BCUT2D eigenvalue weighted by Gasteiger charge is 2.19. The first-order valence-electron chi connectivity index (χ1n) is 9.19. The highest BCUT2D eigenvalue weighted by Crippen LogP contribution is 2.28. The molecule has 2 aromatic carbocycles. The zero-order chi connectivity index (χ0) is 20.9. The number of ether oxygens (including phenoxy) is 1. The Morgan fingerprint density at radius 2 is 1.87 bits per heavy atom. The van der Waals surface area contributed by atoms with E-state index in [-0.39, 0.29) is 5.57 Å². The molecule has 0 bridgehead atoms. The number of nitriles is 1. The molecule has 0 saturated carbocycles. The molecule has 30 heavy (non-hydrogen) atoms. The van der Waals surface area contributed by atoms with Gasteiger partial charge in [-0.3, -0.25) is 4.79 Å². The largest absolute Gasteiger partial charge is 0.496 e. The minimum atomic E-state index is -0.423. The van der Waals surface area contributed by atoms with E-state index >= 15 is 0 Å². The lowest BCUT2D eigenvalue weighted by Crippen LogP contribution is -2.04. The number of hydrogen-bond donors (Lipinski definition) is 0. The van der Waals surface area contributed by atoms with Crippen molar-refractivity contribution in [2.45, 2.75) is 0 Å². The highest BCUT2D eigenvalue weighted by atomic mass is 16.5. The minimum Gasteiger partial charge on any atom is -0.496 e. The maximum Gasteiger partial charge on any atom is 0.207 e. The molecule has 0 atom stereocenters. The van der Waals surface area contributed by atoms with Crippen LogP contribution in [0, 0.1) is 11.3 Å². The number of carbonyl (C=O) groups excluding carboxylic acids is 1. The van der Waals surface area contributed by atoms with E-state index < -0.39 is 5.78 Å². The first-order valence-corrected chi connectivity index (χ1v) is 9.19. The molecule has 0 amide bonds. The average Bonchev–Trinajstić information content (AvgIpc) is 3.47. The summed E-state index contributed by atoms with van der Waals surface area (Å²) in [6.07, 6.45) is 4.84. The van der Waals surface area contributed by atoms with Gasteiger partial charge in [0, 0.05) is 11.8 Å². The van der Waals surface area contributed by atoms with Gasteiger partial charge in [0.1, 0.15) is 23.1 Å². The fraction of sp³-hybridized carbons (Fsp3) is 0.0417. The lowest BCUT2D eigenvalue weighted by atomic mass is 10.0. The van der Waals surface area contributed by atoms with Crippen molar-refractivity contribution < 1.29 is 13.9 Å². The standard InChI is InChI=1S/C24H17N3O3/c1-29-21-11-6-5-10-20(21)24(28)17(15-25)14-18-16-27(19-8-3-2-4-9-19)26-23(18)22-12-7-13-30-22/h2-14,16H,1H3/b17-14+. The SMILES string of the molecule is COc1ccccc1C(=O)/C(C#N)=C/c1cn(-c2ccccc2)nc1-c1ccco1. The van der Waals surface area contributed by atoms with Crippen LogP contribution in [-0.4, -0.2) is 22.7 Å². The van der Waals surface area contributed by atoms with E-state index in [1.54, 1.807) is 53.5 Å². The van der Waals surface area contributed by atoms with Crippen molar-refractivity contribution in [3.63, 3.8) is 0 Å². The Hall–Kier alpha value is -4.37. The van der Waals surface area contributed by atoms with Crippen molar-refractivity contribution in [2.75, 3.05) is 7.11 Å². The van der Waals surface area contributed by atoms with Crippen molar-refractivity contribution in [3.8, 4) is 29.0 Å². The van der Waals surface area contributed by atoms with Gasteiger partial charge in [0.05, 0.1) is 24.6 Å². The maximum absolute atomic E-state index is 13.0. The van der Waals surface area contributed by atoms with Crippen LogP contribution in [0.1, 0.15) is 15.9 Å². The van der Waals surface area contributed by atoms with Crippen LogP contribution >= 0.6 is 0 Å². The Kier molecular flexibility index (Phi) is 5.27. The first-order chi connectivity index (χ1) is 14.7. The summed E-state index contributed by atoms with van der Waals surface area (Å²) in [5.41, 5.74) is 2.26. The third-order valence-electron chi connectivity index (χ3n) is 4.53. The van der Waals surface area contributed by atoms with Gasteiger partial charge in [0.2, 0.25) is 5.78 Å². The molecule has 0 N–H and O–H groups in total. The number of Topliss-reactive ketones (excluding diaryl/α,β-unsaturated/α-hetero) is 1. The quantitative estimate of drug-likeness (QED) is 0.263. The van der Waals surface area contributed by atoms with Gasteiger partial charge in [-0.05, 0) is 42.5 Å². The molecule has 0 aliphatic rings. The molecule has 0 aliphatic heterocycles. The summed E-state index contributed by atoms with van der Waals surface area (Å²) in [5.74, 6) is 0.528. The average molecular weight is 395 g/mol. The van der Waals surface area contributed by atoms with E-state index in [9.17, 15) is 10.1 Å². The van der Waals surface area contributed by atoms with E-state index in [0.29, 0.717) is 28.3 Å². The third-order valence-corrected chi connectivity index (χ3v) is 4.53. The number of furan rings is 1. The Balaban J connectivity index is 1.82. The lowest BCUT2D eigenvalue weighted by molar-refractivity contribution is 0.103. The number of carbonyl (C=O) groups is 1. The second-order valence-corrected chi connectivity index (χ2v) is 6.39. The number of methoxy groups -OCH3 is 1. The fourth-order valence-electron chi connectivity index (χ4n) is 3.09. The zero-order valence-electron chi connectivity index (χ0n) is 16.1. The lowest BCUT2D eigenvalue weighted by Gasteiger charge is -2.06. The van der Waals surface area contributed by atoms with Crippen LogP contribution in [-0.2, 0) is 0 Å². The predicted molar refractivity (Wildman–Crippen MR) is 112 cm³/mol. The number of benzene rings is 2. The van der Waals surface area contributed by atoms with Crippen LogP contribution in [0.4, 0.5) is 0 Å². The van der Waals surface area contributed by atoms with Gasteiger partial charge < -0.3 is 9.15 Å². The highest BCUT2D eigenvalue weighted by molar-refractivity contribution is 6.15. The summed E-state index contributed by atoms with van der Waals surface area (Å²) in [6, 6.07) is 21.9. The van der Waals surface area contributed by atoms with E-state index in [1.807, 2.05) is 36.4 Å². The van der Waals surface area contributed by atoms with Crippen molar-refractivity contribution in [2.24, 2.45) is 0 Å². The van der Waals surface area contributed by atoms with Crippen LogP contribution < -0.4 is 4.74 Å². The zero-order valence-corrected chi connectivity index (χ0v) is 16.1. The van der Waals surface area contributed by atoms with Gasteiger partial charge >= 0.3 is 0 Å². The molecule has 0 radical (unpaired) electrons. The molecule has 6 nitrogen and oxygen atoms in total. The maximum atomic E-state index is 13.0. The number of allylic oxidation sites excluding steroid dienone is 1. The fourth-order valence-corrected chi connectivity index (χ4v) is 3.09. The number of rotatable bonds is 6. The van der Waals surface area contributed by atoms with Gasteiger partial charge in [-0.15, -0.1) is 0 Å². The molecule has 0 unspecified atom stereocenters. The smallest absolute Gasteiger partial charge is 0.207 e. The summed E-state index contributed by atoms with van der Waals surface area (Å²) in [5, 5.41) is 14.3. The first kappa shape index (κ1) is 19.0. The molecular formula is C24H17N3O3. The van der Waals surface area contributed by atoms with Gasteiger partial charge in [-0.25, -0.2) is 4.68 Å². The predicted octanol–water partition coefficient (Wildman–Crippen LogP) is 4.93. The van der Waals surface area contributed by atoms with Crippen LogP contribution in [0.5, 0.6) is 5.75 Å². The van der Waals surface area contributed by atoms with E-state index in [1.165, 1.54) is 13.2 Å². The number of hydrogen-bond acceptors (Lipinski definition) is 5. The van der Waals surface area contributed by atoms with Crippen molar-refractivity contribution in [3.05, 3.63) is 95.9 Å². The summed E-state index contributed by atoms with van der Waals surface area (Å²) in [4.78, 5) is 13.0. The minimum absolute atomic E-state index is 0.0279. The molecule has 6 heteroatoms. The molecule has 2 aromatic heterocycles. The van der Waals surface area contributed by atoms with E-state index in [2.05, 4.69) is 5.10 Å². The Morgan fingerprint density at radius 1 is 1.10 bits per heavy atom. The molecule has 4 aromatic rings. The molecule has 0 aliphatic carbocycles. The second kappa shape index (κ2) is 8.33. The molecule has 0 spiro atoms. The van der Waals surface area contributed by atoms with Gasteiger partial charge in [-0.1, -0.05) is 30.3 Å². The summed E-state index contributed by atoms with van der Waals surface area (Å²) < 4.78 is 12.5. The Bertz CT molecular complexity index is 1250. The van der Waals surface area contributed by atoms with Gasteiger partial charge in [0.15, 0.2) is 5.76 Å². The van der Waals surface area contributed by atoms with Crippen molar-refractivity contribution in [1.82, 2.24) is 9.78 Å². The van der Waals surface area contributed by atoms with Crippen molar-refractivity contribution in [1.29, 1.82) is 5.26 Å². The van der Waals surface area contributed by atoms with Crippen LogP contribution in [0.2, 0.25) is 0 Å². The number of para-hydroxylation sites is 2. The molecular weight excluding hydrogens is 378 g/mol. The summed E-state index contributed by atoms with van der Waals surface area (Å²) >= 11 is 0. The molecule has 0 fully saturated rings. The van der Waals surface area contributed by atoms with E-state index in [4.69, 9.17) is 9.15 Å². The summed E-state index contributed by atoms with van der Waals surface area (Å²) in [7, 11) is 1.49. The topological polar surface area (TPSA) is 81.0 Å². The number of nitrogens with zero attached hydrogens (tertiary/aromatic N) is 3. The normalized spacial score (nSPS) is 11.1. The van der Waals surface area contributed by atoms with Gasteiger partial charge in [0.25, 0.3) is 0 Å². The van der Waals surface area contributed by atoms with Crippen LogP contribution in [0.15, 0.2) is 89.2 Å². The van der Waals surface area contributed by atoms with Crippen LogP contribution in [0.25, 0.3) is 23.2 Å². The van der Waals surface area contributed by atoms with Gasteiger partial charge in [-0.2, -0.15) is 10.4 Å². The van der Waals surface area contributed by atoms with Crippen molar-refractivity contribution >= 4 is 11.9 Å². The monoisotopic (exact) mass is 395 g/mol. The number of aromatic nitrogens is 2. The van der Waals surface area contributed by atoms with Crippen LogP contribution in [0.3, 0.4) is 0 Å². The molecule has 146 valence electrons. The second-order valence-electron chi connectivity index (χ2n) is 6.39. The van der Waals surface area contributed by atoms with E-state index in [0.717, 1.165) is 5.69 Å². The summed E-state index contributed by atoms with van der Waals surface area (Å²) in [6.45, 7) is 0. The Morgan fingerprint density at radius 3 is 2.57 bits per heavy atom. The molecule has 2 heterocycles. The third kappa shape index (κ3) is 3.64.